The van der Waals surface area contributed by atoms with Gasteiger partial charge in [-0.1, -0.05) is 29.8 Å². The number of nitrogens with one attached hydrogen (secondary N) is 2. The zero-order valence-electron chi connectivity index (χ0n) is 16.5. The molecule has 2 amide bonds. The van der Waals surface area contributed by atoms with E-state index in [1.54, 1.807) is 36.4 Å². The summed E-state index contributed by atoms with van der Waals surface area (Å²) in [6.45, 7) is 1.93. The summed E-state index contributed by atoms with van der Waals surface area (Å²) in [5.41, 5.74) is 2.42. The highest BCUT2D eigenvalue weighted by atomic mass is 79.9. The first-order chi connectivity index (χ1) is 14.8. The maximum absolute atomic E-state index is 12.9. The van der Waals surface area contributed by atoms with Crippen molar-refractivity contribution in [3.63, 3.8) is 0 Å². The van der Waals surface area contributed by atoms with Gasteiger partial charge in [0.1, 0.15) is 5.70 Å². The van der Waals surface area contributed by atoms with Gasteiger partial charge in [-0.05, 0) is 70.9 Å². The Kier molecular flexibility index (Phi) is 6.94. The maximum atomic E-state index is 12.9. The molecule has 0 aromatic heterocycles. The first-order valence-electron chi connectivity index (χ1n) is 9.23. The van der Waals surface area contributed by atoms with Crippen LogP contribution in [0.25, 0.3) is 6.08 Å². The van der Waals surface area contributed by atoms with Gasteiger partial charge in [0.05, 0.1) is 10.5 Å². The summed E-state index contributed by atoms with van der Waals surface area (Å²) in [5.74, 6) is -0.998. The lowest BCUT2D eigenvalue weighted by molar-refractivity contribution is -0.384. The number of hydrogen-bond donors (Lipinski definition) is 2. The molecule has 3 rings (SSSR count). The Bertz CT molecular complexity index is 1160. The van der Waals surface area contributed by atoms with E-state index in [2.05, 4.69) is 26.6 Å². The molecule has 0 bridgehead atoms. The Morgan fingerprint density at radius 2 is 1.61 bits per heavy atom. The Morgan fingerprint density at radius 3 is 2.23 bits per heavy atom. The number of carbonyl (C=O) groups excluding carboxylic acids is 2. The number of benzene rings is 3. The van der Waals surface area contributed by atoms with Crippen LogP contribution in [0.1, 0.15) is 21.5 Å². The summed E-state index contributed by atoms with van der Waals surface area (Å²) in [6.07, 6.45) is 1.46. The minimum atomic E-state index is -0.525. The van der Waals surface area contributed by atoms with Crippen molar-refractivity contribution < 1.29 is 14.5 Å². The average molecular weight is 480 g/mol. The van der Waals surface area contributed by atoms with Crippen LogP contribution in [0.3, 0.4) is 0 Å². The molecule has 0 atom stereocenters. The predicted octanol–water partition coefficient (Wildman–Crippen LogP) is 5.08. The number of hydrogen-bond acceptors (Lipinski definition) is 4. The highest BCUT2D eigenvalue weighted by Crippen LogP contribution is 2.18. The van der Waals surface area contributed by atoms with Crippen LogP contribution in [0.2, 0.25) is 0 Å². The highest BCUT2D eigenvalue weighted by Gasteiger charge is 2.17. The van der Waals surface area contributed by atoms with Gasteiger partial charge in [0.25, 0.3) is 17.5 Å². The van der Waals surface area contributed by atoms with E-state index in [-0.39, 0.29) is 11.4 Å². The van der Waals surface area contributed by atoms with Gasteiger partial charge >= 0.3 is 0 Å². The molecule has 0 aliphatic rings. The van der Waals surface area contributed by atoms with E-state index in [0.29, 0.717) is 21.3 Å². The van der Waals surface area contributed by atoms with Crippen LogP contribution in [0, 0.1) is 17.0 Å². The highest BCUT2D eigenvalue weighted by molar-refractivity contribution is 9.10. The number of nitro groups is 1. The SMILES string of the molecule is Cc1ccc(NC(=O)/C(=C\c2ccc([N+](=O)[O-])cc2)NC(=O)c2ccccc2Br)cc1. The molecular weight excluding hydrogens is 462 g/mol. The number of aryl methyl sites for hydroxylation is 1. The average Bonchev–Trinajstić information content (AvgIpc) is 2.75. The number of rotatable bonds is 6. The monoisotopic (exact) mass is 479 g/mol. The number of carbonyl (C=O) groups is 2. The fourth-order valence-corrected chi connectivity index (χ4v) is 3.15. The quantitative estimate of drug-likeness (QED) is 0.292. The molecule has 3 aromatic rings. The first kappa shape index (κ1) is 21.9. The molecule has 2 N–H and O–H groups in total. The van der Waals surface area contributed by atoms with Gasteiger partial charge in [0.15, 0.2) is 0 Å². The van der Waals surface area contributed by atoms with Crippen molar-refractivity contribution in [2.24, 2.45) is 0 Å². The van der Waals surface area contributed by atoms with Crippen molar-refractivity contribution in [2.45, 2.75) is 6.92 Å². The van der Waals surface area contributed by atoms with E-state index in [0.717, 1.165) is 5.56 Å². The van der Waals surface area contributed by atoms with E-state index in [9.17, 15) is 19.7 Å². The number of amides is 2. The molecule has 8 heteroatoms. The molecule has 0 aliphatic carbocycles. The molecule has 0 unspecified atom stereocenters. The van der Waals surface area contributed by atoms with Gasteiger partial charge in [0, 0.05) is 22.3 Å². The van der Waals surface area contributed by atoms with Gasteiger partial charge in [-0.25, -0.2) is 0 Å². The molecule has 31 heavy (non-hydrogen) atoms. The van der Waals surface area contributed by atoms with Crippen LogP contribution in [0.4, 0.5) is 11.4 Å². The Hall–Kier alpha value is -3.78. The van der Waals surface area contributed by atoms with Crippen LogP contribution in [-0.2, 0) is 4.79 Å². The second kappa shape index (κ2) is 9.82. The van der Waals surface area contributed by atoms with Crippen LogP contribution < -0.4 is 10.6 Å². The lowest BCUT2D eigenvalue weighted by atomic mass is 10.1. The molecule has 0 saturated carbocycles. The zero-order chi connectivity index (χ0) is 22.4. The molecule has 0 spiro atoms. The Labute approximate surface area is 187 Å². The van der Waals surface area contributed by atoms with Crippen LogP contribution in [-0.4, -0.2) is 16.7 Å². The second-order valence-corrected chi connectivity index (χ2v) is 7.52. The van der Waals surface area contributed by atoms with E-state index < -0.39 is 16.7 Å². The molecule has 0 heterocycles. The summed E-state index contributed by atoms with van der Waals surface area (Å²) >= 11 is 3.33. The third-order valence-electron chi connectivity index (χ3n) is 4.34. The normalized spacial score (nSPS) is 11.0. The third-order valence-corrected chi connectivity index (χ3v) is 5.03. The zero-order valence-corrected chi connectivity index (χ0v) is 18.0. The minimum Gasteiger partial charge on any atom is -0.321 e. The van der Waals surface area contributed by atoms with E-state index >= 15 is 0 Å². The Morgan fingerprint density at radius 1 is 0.968 bits per heavy atom. The van der Waals surface area contributed by atoms with Crippen molar-refractivity contribution in [1.82, 2.24) is 5.32 Å². The predicted molar refractivity (Wildman–Crippen MR) is 122 cm³/mol. The summed E-state index contributed by atoms with van der Waals surface area (Å²) in [4.78, 5) is 36.0. The third kappa shape index (κ3) is 5.86. The smallest absolute Gasteiger partial charge is 0.272 e. The number of anilines is 1. The Balaban J connectivity index is 1.91. The topological polar surface area (TPSA) is 101 Å². The lowest BCUT2D eigenvalue weighted by Crippen LogP contribution is -2.31. The molecule has 7 nitrogen and oxygen atoms in total. The van der Waals surface area contributed by atoms with Gasteiger partial charge in [-0.15, -0.1) is 0 Å². The summed E-state index contributed by atoms with van der Waals surface area (Å²) in [7, 11) is 0. The molecule has 0 radical (unpaired) electrons. The molecule has 0 saturated heterocycles. The van der Waals surface area contributed by atoms with Crippen molar-refractivity contribution in [3.8, 4) is 0 Å². The van der Waals surface area contributed by atoms with Crippen molar-refractivity contribution >= 4 is 45.2 Å². The van der Waals surface area contributed by atoms with E-state index in [1.165, 1.54) is 30.3 Å². The van der Waals surface area contributed by atoms with Gasteiger partial charge in [0.2, 0.25) is 0 Å². The summed E-state index contributed by atoms with van der Waals surface area (Å²) in [6, 6.07) is 19.7. The lowest BCUT2D eigenvalue weighted by Gasteiger charge is -2.12. The maximum Gasteiger partial charge on any atom is 0.272 e. The largest absolute Gasteiger partial charge is 0.321 e. The van der Waals surface area contributed by atoms with E-state index in [1.807, 2.05) is 19.1 Å². The molecule has 3 aromatic carbocycles. The van der Waals surface area contributed by atoms with Gasteiger partial charge < -0.3 is 10.6 Å². The van der Waals surface area contributed by atoms with Crippen molar-refractivity contribution in [1.29, 1.82) is 0 Å². The van der Waals surface area contributed by atoms with Gasteiger partial charge in [-0.2, -0.15) is 0 Å². The van der Waals surface area contributed by atoms with Crippen LogP contribution in [0.5, 0.6) is 0 Å². The molecular formula is C23H18BrN3O4. The molecule has 0 fully saturated rings. The van der Waals surface area contributed by atoms with Crippen molar-refractivity contribution in [2.75, 3.05) is 5.32 Å². The van der Waals surface area contributed by atoms with Gasteiger partial charge in [-0.3, -0.25) is 19.7 Å². The van der Waals surface area contributed by atoms with E-state index in [4.69, 9.17) is 0 Å². The number of non-ortho nitro benzene ring substituents is 1. The molecule has 0 aliphatic heterocycles. The fraction of sp³-hybridized carbons (Fsp3) is 0.0435. The standard InChI is InChI=1S/C23H18BrN3O4/c1-15-6-10-17(11-7-15)25-23(29)21(14-16-8-12-18(13-9-16)27(30)31)26-22(28)19-4-2-3-5-20(19)24/h2-14H,1H3,(H,25,29)(H,26,28)/b21-14+. The second-order valence-electron chi connectivity index (χ2n) is 6.66. The number of nitrogens with zero attached hydrogens (tertiary/aromatic N) is 1. The number of halogens is 1. The molecule has 156 valence electrons. The summed E-state index contributed by atoms with van der Waals surface area (Å²) in [5, 5.41) is 16.3. The van der Waals surface area contributed by atoms with Crippen LogP contribution >= 0.6 is 15.9 Å². The van der Waals surface area contributed by atoms with Crippen molar-refractivity contribution in [3.05, 3.63) is 110 Å². The minimum absolute atomic E-state index is 0.00446. The number of nitro benzene ring substituents is 1. The fourth-order valence-electron chi connectivity index (χ4n) is 2.69. The first-order valence-corrected chi connectivity index (χ1v) is 10.0. The summed E-state index contributed by atoms with van der Waals surface area (Å²) < 4.78 is 0.584. The van der Waals surface area contributed by atoms with Crippen LogP contribution in [0.15, 0.2) is 83.0 Å².